The molecule has 0 saturated heterocycles. The number of unbranched alkanes of at least 4 members (excludes halogenated alkanes) is 3. The topological polar surface area (TPSA) is 0 Å². The molecule has 0 aliphatic heterocycles. The van der Waals surface area contributed by atoms with Crippen LogP contribution in [-0.2, 0) is 5.41 Å². The van der Waals surface area contributed by atoms with Crippen LogP contribution in [0.25, 0.3) is 0 Å². The SMILES string of the molecule is CCCCCCC(C)(C)c1ccccc1. The van der Waals surface area contributed by atoms with Crippen LogP contribution in [0.4, 0.5) is 0 Å². The van der Waals surface area contributed by atoms with Crippen molar-refractivity contribution in [3.8, 4) is 0 Å². The molecule has 1 rings (SSSR count). The minimum atomic E-state index is 0.342. The Balaban J connectivity index is 2.45. The summed E-state index contributed by atoms with van der Waals surface area (Å²) >= 11 is 0. The van der Waals surface area contributed by atoms with Gasteiger partial charge in [0.1, 0.15) is 0 Å². The monoisotopic (exact) mass is 204 g/mol. The fourth-order valence-corrected chi connectivity index (χ4v) is 2.03. The van der Waals surface area contributed by atoms with Gasteiger partial charge in [-0.25, -0.2) is 0 Å². The Hall–Kier alpha value is -0.780. The van der Waals surface area contributed by atoms with Gasteiger partial charge in [-0.3, -0.25) is 0 Å². The Bertz CT molecular complexity index is 259. The average Bonchev–Trinajstić information content (AvgIpc) is 2.26. The highest BCUT2D eigenvalue weighted by Crippen LogP contribution is 2.28. The fourth-order valence-electron chi connectivity index (χ4n) is 2.03. The highest BCUT2D eigenvalue weighted by atomic mass is 14.2. The fraction of sp³-hybridized carbons (Fsp3) is 0.600. The van der Waals surface area contributed by atoms with Crippen LogP contribution in [0.5, 0.6) is 0 Å². The summed E-state index contributed by atoms with van der Waals surface area (Å²) in [6, 6.07) is 10.9. The van der Waals surface area contributed by atoms with Crippen LogP contribution in [0, 0.1) is 0 Å². The van der Waals surface area contributed by atoms with Crippen LogP contribution < -0.4 is 0 Å². The summed E-state index contributed by atoms with van der Waals surface area (Å²) in [6.07, 6.45) is 6.75. The van der Waals surface area contributed by atoms with E-state index in [4.69, 9.17) is 0 Å². The van der Waals surface area contributed by atoms with E-state index in [0.29, 0.717) is 5.41 Å². The lowest BCUT2D eigenvalue weighted by atomic mass is 9.80. The maximum absolute atomic E-state index is 2.36. The van der Waals surface area contributed by atoms with Gasteiger partial charge in [0, 0.05) is 0 Å². The van der Waals surface area contributed by atoms with Gasteiger partial charge in [-0.2, -0.15) is 0 Å². The van der Waals surface area contributed by atoms with Crippen molar-refractivity contribution >= 4 is 0 Å². The second kappa shape index (κ2) is 5.95. The van der Waals surface area contributed by atoms with Gasteiger partial charge in [0.2, 0.25) is 0 Å². The lowest BCUT2D eigenvalue weighted by molar-refractivity contribution is 0.446. The molecule has 0 spiro atoms. The van der Waals surface area contributed by atoms with Crippen molar-refractivity contribution in [1.29, 1.82) is 0 Å². The molecule has 15 heavy (non-hydrogen) atoms. The Morgan fingerprint density at radius 1 is 0.933 bits per heavy atom. The van der Waals surface area contributed by atoms with E-state index in [1.807, 2.05) is 0 Å². The summed E-state index contributed by atoms with van der Waals surface area (Å²) in [7, 11) is 0. The van der Waals surface area contributed by atoms with Crippen molar-refractivity contribution < 1.29 is 0 Å². The van der Waals surface area contributed by atoms with E-state index in [0.717, 1.165) is 0 Å². The van der Waals surface area contributed by atoms with Crippen molar-refractivity contribution in [2.45, 2.75) is 58.3 Å². The Morgan fingerprint density at radius 3 is 2.20 bits per heavy atom. The minimum absolute atomic E-state index is 0.342. The molecule has 0 saturated carbocycles. The zero-order valence-corrected chi connectivity index (χ0v) is 10.4. The van der Waals surface area contributed by atoms with Crippen LogP contribution in [0.1, 0.15) is 58.4 Å². The summed E-state index contributed by atoms with van der Waals surface area (Å²) in [5.74, 6) is 0. The second-order valence-corrected chi connectivity index (χ2v) is 5.06. The van der Waals surface area contributed by atoms with Gasteiger partial charge in [0.05, 0.1) is 0 Å². The molecule has 0 aliphatic carbocycles. The van der Waals surface area contributed by atoms with Crippen LogP contribution in [0.2, 0.25) is 0 Å². The third-order valence-corrected chi connectivity index (χ3v) is 3.21. The van der Waals surface area contributed by atoms with Gasteiger partial charge in [-0.1, -0.05) is 76.8 Å². The Morgan fingerprint density at radius 2 is 1.60 bits per heavy atom. The van der Waals surface area contributed by atoms with Crippen LogP contribution >= 0.6 is 0 Å². The molecule has 0 fully saturated rings. The van der Waals surface area contributed by atoms with Crippen molar-refractivity contribution in [1.82, 2.24) is 0 Å². The number of hydrogen-bond donors (Lipinski definition) is 0. The summed E-state index contributed by atoms with van der Waals surface area (Å²) in [5.41, 5.74) is 1.82. The third-order valence-electron chi connectivity index (χ3n) is 3.21. The highest BCUT2D eigenvalue weighted by Gasteiger charge is 2.18. The molecule has 0 aromatic heterocycles. The van der Waals surface area contributed by atoms with Crippen LogP contribution in [-0.4, -0.2) is 0 Å². The van der Waals surface area contributed by atoms with Crippen molar-refractivity contribution in [3.05, 3.63) is 35.9 Å². The molecular weight excluding hydrogens is 180 g/mol. The quantitative estimate of drug-likeness (QED) is 0.576. The van der Waals surface area contributed by atoms with Gasteiger partial charge >= 0.3 is 0 Å². The predicted octanol–water partition coefficient (Wildman–Crippen LogP) is 4.93. The van der Waals surface area contributed by atoms with Crippen molar-refractivity contribution in [2.24, 2.45) is 0 Å². The molecule has 0 amide bonds. The standard InChI is InChI=1S/C15H24/c1-4-5-6-10-13-15(2,3)14-11-8-7-9-12-14/h7-9,11-12H,4-6,10,13H2,1-3H3. The summed E-state index contributed by atoms with van der Waals surface area (Å²) in [6.45, 7) is 6.98. The normalized spacial score (nSPS) is 11.7. The van der Waals surface area contributed by atoms with Gasteiger partial charge in [-0.05, 0) is 17.4 Å². The van der Waals surface area contributed by atoms with E-state index >= 15 is 0 Å². The van der Waals surface area contributed by atoms with Crippen molar-refractivity contribution in [3.63, 3.8) is 0 Å². The molecular formula is C15H24. The van der Waals surface area contributed by atoms with Crippen molar-refractivity contribution in [2.75, 3.05) is 0 Å². The lowest BCUT2D eigenvalue weighted by Crippen LogP contribution is -2.16. The molecule has 0 bridgehead atoms. The van der Waals surface area contributed by atoms with Crippen LogP contribution in [0.3, 0.4) is 0 Å². The molecule has 0 unspecified atom stereocenters. The summed E-state index contributed by atoms with van der Waals surface area (Å²) < 4.78 is 0. The number of hydrogen-bond acceptors (Lipinski definition) is 0. The molecule has 0 aliphatic rings. The first-order valence-electron chi connectivity index (χ1n) is 6.22. The van der Waals surface area contributed by atoms with E-state index in [1.54, 1.807) is 0 Å². The van der Waals surface area contributed by atoms with E-state index in [9.17, 15) is 0 Å². The number of rotatable bonds is 6. The Kier molecular flexibility index (Phi) is 4.87. The second-order valence-electron chi connectivity index (χ2n) is 5.06. The zero-order valence-electron chi connectivity index (χ0n) is 10.4. The first-order valence-corrected chi connectivity index (χ1v) is 6.22. The molecule has 0 radical (unpaired) electrons. The molecule has 1 aromatic rings. The molecule has 84 valence electrons. The summed E-state index contributed by atoms with van der Waals surface area (Å²) in [5, 5.41) is 0. The molecule has 0 heterocycles. The first-order chi connectivity index (χ1) is 7.17. The smallest absolute Gasteiger partial charge is 0.0104 e. The van der Waals surface area contributed by atoms with E-state index in [2.05, 4.69) is 51.1 Å². The van der Waals surface area contributed by atoms with Gasteiger partial charge in [0.25, 0.3) is 0 Å². The van der Waals surface area contributed by atoms with E-state index < -0.39 is 0 Å². The highest BCUT2D eigenvalue weighted by molar-refractivity contribution is 5.23. The Labute approximate surface area is 94.7 Å². The predicted molar refractivity (Wildman–Crippen MR) is 68.2 cm³/mol. The number of benzene rings is 1. The molecule has 0 nitrogen and oxygen atoms in total. The average molecular weight is 204 g/mol. The van der Waals surface area contributed by atoms with E-state index in [1.165, 1.54) is 37.7 Å². The maximum atomic E-state index is 2.36. The summed E-state index contributed by atoms with van der Waals surface area (Å²) in [4.78, 5) is 0. The van der Waals surface area contributed by atoms with Gasteiger partial charge < -0.3 is 0 Å². The molecule has 0 atom stereocenters. The minimum Gasteiger partial charge on any atom is -0.0654 e. The van der Waals surface area contributed by atoms with E-state index in [-0.39, 0.29) is 0 Å². The van der Waals surface area contributed by atoms with Gasteiger partial charge in [0.15, 0.2) is 0 Å². The largest absolute Gasteiger partial charge is 0.0654 e. The maximum Gasteiger partial charge on any atom is -0.0104 e. The molecule has 1 aromatic carbocycles. The lowest BCUT2D eigenvalue weighted by Gasteiger charge is -2.25. The molecule has 0 N–H and O–H groups in total. The first kappa shape index (κ1) is 12.3. The third kappa shape index (κ3) is 4.07. The van der Waals surface area contributed by atoms with Gasteiger partial charge in [-0.15, -0.1) is 0 Å². The zero-order chi connectivity index (χ0) is 11.1. The van der Waals surface area contributed by atoms with Crippen LogP contribution in [0.15, 0.2) is 30.3 Å². The molecule has 0 heteroatoms.